The summed E-state index contributed by atoms with van der Waals surface area (Å²) in [6, 6.07) is 5.41. The smallest absolute Gasteiger partial charge is 0.139 e. The normalized spacial score (nSPS) is 12.5. The molecular formula is C13H10BrCl3OS. The van der Waals surface area contributed by atoms with E-state index < -0.39 is 0 Å². The van der Waals surface area contributed by atoms with Crippen molar-refractivity contribution < 1.29 is 4.74 Å². The number of halogens is 4. The maximum atomic E-state index is 6.29. The summed E-state index contributed by atoms with van der Waals surface area (Å²) in [6.45, 7) is 2.45. The van der Waals surface area contributed by atoms with Crippen LogP contribution < -0.4 is 4.74 Å². The number of benzene rings is 1. The first-order valence-electron chi connectivity index (χ1n) is 5.53. The molecule has 6 heteroatoms. The van der Waals surface area contributed by atoms with E-state index >= 15 is 0 Å². The van der Waals surface area contributed by atoms with Crippen molar-refractivity contribution in [2.45, 2.75) is 11.8 Å². The zero-order chi connectivity index (χ0) is 14.0. The van der Waals surface area contributed by atoms with Crippen LogP contribution in [0.1, 0.15) is 22.2 Å². The second-order valence-electron chi connectivity index (χ2n) is 3.73. The van der Waals surface area contributed by atoms with E-state index in [9.17, 15) is 0 Å². The minimum absolute atomic E-state index is 0.0827. The van der Waals surface area contributed by atoms with Gasteiger partial charge in [-0.3, -0.25) is 0 Å². The van der Waals surface area contributed by atoms with E-state index in [-0.39, 0.29) is 4.83 Å². The summed E-state index contributed by atoms with van der Waals surface area (Å²) in [6.07, 6.45) is 0. The topological polar surface area (TPSA) is 9.23 Å². The van der Waals surface area contributed by atoms with Crippen molar-refractivity contribution >= 4 is 62.1 Å². The molecular weight excluding hydrogens is 390 g/mol. The zero-order valence-electron chi connectivity index (χ0n) is 9.92. The Morgan fingerprint density at radius 1 is 1.21 bits per heavy atom. The molecule has 0 amide bonds. The third-order valence-electron chi connectivity index (χ3n) is 2.50. The van der Waals surface area contributed by atoms with Crippen molar-refractivity contribution in [1.82, 2.24) is 0 Å². The maximum Gasteiger partial charge on any atom is 0.139 e. The van der Waals surface area contributed by atoms with Gasteiger partial charge in [-0.15, -0.1) is 11.3 Å². The Hall–Kier alpha value is 0.0700. The molecule has 0 N–H and O–H groups in total. The van der Waals surface area contributed by atoms with Crippen LogP contribution in [0.5, 0.6) is 5.75 Å². The van der Waals surface area contributed by atoms with Gasteiger partial charge < -0.3 is 4.74 Å². The fourth-order valence-corrected chi connectivity index (χ4v) is 4.49. The van der Waals surface area contributed by atoms with Crippen molar-refractivity contribution in [3.05, 3.63) is 49.1 Å². The highest BCUT2D eigenvalue weighted by Gasteiger charge is 2.20. The van der Waals surface area contributed by atoms with Gasteiger partial charge in [0.15, 0.2) is 0 Å². The van der Waals surface area contributed by atoms with Crippen LogP contribution >= 0.6 is 62.1 Å². The lowest BCUT2D eigenvalue weighted by atomic mass is 10.1. The molecule has 0 radical (unpaired) electrons. The molecule has 102 valence electrons. The van der Waals surface area contributed by atoms with E-state index in [1.807, 2.05) is 24.4 Å². The highest BCUT2D eigenvalue weighted by Crippen LogP contribution is 2.44. The summed E-state index contributed by atoms with van der Waals surface area (Å²) in [5, 5.41) is 3.79. The Bertz CT molecular complexity index is 585. The van der Waals surface area contributed by atoms with Gasteiger partial charge in [0, 0.05) is 16.0 Å². The van der Waals surface area contributed by atoms with Crippen molar-refractivity contribution in [2.24, 2.45) is 0 Å². The van der Waals surface area contributed by atoms with Gasteiger partial charge in [0.25, 0.3) is 0 Å². The van der Waals surface area contributed by atoms with Crippen LogP contribution in [0.4, 0.5) is 0 Å². The van der Waals surface area contributed by atoms with Crippen LogP contribution in [-0.2, 0) is 0 Å². The third kappa shape index (κ3) is 3.40. The molecule has 2 aromatic rings. The molecule has 1 unspecified atom stereocenters. The number of rotatable bonds is 4. The van der Waals surface area contributed by atoms with Gasteiger partial charge in [0.05, 0.1) is 21.5 Å². The monoisotopic (exact) mass is 398 g/mol. The Morgan fingerprint density at radius 3 is 2.53 bits per heavy atom. The first kappa shape index (κ1) is 15.5. The minimum atomic E-state index is -0.0827. The summed E-state index contributed by atoms with van der Waals surface area (Å²) in [5.41, 5.74) is 0.875. The van der Waals surface area contributed by atoms with Gasteiger partial charge in [0.2, 0.25) is 0 Å². The molecule has 1 aromatic heterocycles. The summed E-state index contributed by atoms with van der Waals surface area (Å²) in [7, 11) is 0. The SMILES string of the molecule is CCOc1cc(Cl)c(C(Br)c2sccc2Cl)cc1Cl. The molecule has 1 aromatic carbocycles. The van der Waals surface area contributed by atoms with E-state index in [1.54, 1.807) is 17.4 Å². The van der Waals surface area contributed by atoms with Gasteiger partial charge in [-0.1, -0.05) is 50.7 Å². The lowest BCUT2D eigenvalue weighted by Crippen LogP contribution is -1.96. The lowest BCUT2D eigenvalue weighted by molar-refractivity contribution is 0.340. The number of hydrogen-bond acceptors (Lipinski definition) is 2. The number of alkyl halides is 1. The standard InChI is InChI=1S/C13H10BrCl3OS/c1-2-18-11-6-9(16)7(5-10(11)17)12(14)13-8(15)3-4-19-13/h3-6,12H,2H2,1H3. The molecule has 0 saturated carbocycles. The second kappa shape index (κ2) is 6.68. The molecule has 0 aliphatic heterocycles. The van der Waals surface area contributed by atoms with Crippen LogP contribution in [0.15, 0.2) is 23.6 Å². The summed E-state index contributed by atoms with van der Waals surface area (Å²) in [5.74, 6) is 0.592. The maximum absolute atomic E-state index is 6.29. The fourth-order valence-electron chi connectivity index (χ4n) is 1.63. The van der Waals surface area contributed by atoms with E-state index in [1.165, 1.54) is 0 Å². The molecule has 1 nitrogen and oxygen atoms in total. The number of thiophene rings is 1. The van der Waals surface area contributed by atoms with Gasteiger partial charge in [-0.25, -0.2) is 0 Å². The van der Waals surface area contributed by atoms with E-state index in [2.05, 4.69) is 15.9 Å². The van der Waals surface area contributed by atoms with Gasteiger partial charge in [-0.05, 0) is 30.0 Å². The molecule has 0 saturated heterocycles. The predicted molar refractivity (Wildman–Crippen MR) is 87.7 cm³/mol. The lowest BCUT2D eigenvalue weighted by Gasteiger charge is -2.14. The molecule has 0 bridgehead atoms. The minimum Gasteiger partial charge on any atom is -0.492 e. The largest absolute Gasteiger partial charge is 0.492 e. The zero-order valence-corrected chi connectivity index (χ0v) is 14.6. The Kier molecular flexibility index (Phi) is 5.44. The molecule has 0 fully saturated rings. The first-order chi connectivity index (χ1) is 9.04. The third-order valence-corrected chi connectivity index (χ3v) is 5.80. The van der Waals surface area contributed by atoms with Gasteiger partial charge >= 0.3 is 0 Å². The summed E-state index contributed by atoms with van der Waals surface area (Å²) < 4.78 is 5.41. The molecule has 19 heavy (non-hydrogen) atoms. The highest BCUT2D eigenvalue weighted by atomic mass is 79.9. The summed E-state index contributed by atoms with van der Waals surface area (Å²) in [4.78, 5) is 0.921. The molecule has 1 heterocycles. The highest BCUT2D eigenvalue weighted by molar-refractivity contribution is 9.09. The van der Waals surface area contributed by atoms with Crippen molar-refractivity contribution in [1.29, 1.82) is 0 Å². The van der Waals surface area contributed by atoms with E-state index in [0.29, 0.717) is 27.4 Å². The van der Waals surface area contributed by atoms with E-state index in [4.69, 9.17) is 39.5 Å². The first-order valence-corrected chi connectivity index (χ1v) is 8.46. The van der Waals surface area contributed by atoms with Crippen LogP contribution in [0.25, 0.3) is 0 Å². The van der Waals surface area contributed by atoms with Crippen LogP contribution in [0.3, 0.4) is 0 Å². The van der Waals surface area contributed by atoms with Gasteiger partial charge in [-0.2, -0.15) is 0 Å². The molecule has 0 spiro atoms. The Balaban J connectivity index is 2.40. The Morgan fingerprint density at radius 2 is 1.95 bits per heavy atom. The second-order valence-corrected chi connectivity index (χ2v) is 6.82. The Labute approximate surface area is 139 Å². The number of ether oxygens (including phenoxy) is 1. The molecule has 0 aliphatic rings. The average molecular weight is 401 g/mol. The quantitative estimate of drug-likeness (QED) is 0.526. The average Bonchev–Trinajstić information content (AvgIpc) is 2.79. The number of hydrogen-bond donors (Lipinski definition) is 0. The fraction of sp³-hybridized carbons (Fsp3) is 0.231. The van der Waals surface area contributed by atoms with Crippen LogP contribution in [0.2, 0.25) is 15.1 Å². The van der Waals surface area contributed by atoms with Crippen LogP contribution in [0, 0.1) is 0 Å². The van der Waals surface area contributed by atoms with E-state index in [0.717, 1.165) is 10.4 Å². The van der Waals surface area contributed by atoms with Crippen molar-refractivity contribution in [2.75, 3.05) is 6.61 Å². The molecule has 1 atom stereocenters. The molecule has 0 aliphatic carbocycles. The van der Waals surface area contributed by atoms with Gasteiger partial charge in [0.1, 0.15) is 5.75 Å². The van der Waals surface area contributed by atoms with Crippen molar-refractivity contribution in [3.63, 3.8) is 0 Å². The summed E-state index contributed by atoms with van der Waals surface area (Å²) >= 11 is 23.8. The predicted octanol–water partition coefficient (Wildman–Crippen LogP) is 6.59. The van der Waals surface area contributed by atoms with Crippen molar-refractivity contribution in [3.8, 4) is 5.75 Å². The van der Waals surface area contributed by atoms with Crippen LogP contribution in [-0.4, -0.2) is 6.61 Å². The molecule has 2 rings (SSSR count).